The third kappa shape index (κ3) is 2.51. The van der Waals surface area contributed by atoms with Crippen molar-refractivity contribution in [1.29, 1.82) is 0 Å². The molecule has 2 fully saturated rings. The van der Waals surface area contributed by atoms with Crippen LogP contribution in [0.15, 0.2) is 12.1 Å². The molecular weight excluding hydrogens is 317 g/mol. The zero-order chi connectivity index (χ0) is 16.9. The number of carbonyl (C=O) groups excluding carboxylic acids is 1. The fourth-order valence-electron chi connectivity index (χ4n) is 4.45. The maximum atomic E-state index is 13.7. The van der Waals surface area contributed by atoms with E-state index in [-0.39, 0.29) is 17.5 Å². The fourth-order valence-corrected chi connectivity index (χ4v) is 4.45. The lowest BCUT2D eigenvalue weighted by molar-refractivity contribution is -0.138. The molecule has 6 heteroatoms. The van der Waals surface area contributed by atoms with Crippen LogP contribution in [0, 0.1) is 0 Å². The average Bonchev–Trinajstić information content (AvgIpc) is 2.87. The van der Waals surface area contributed by atoms with Gasteiger partial charge in [0.05, 0.1) is 17.2 Å². The minimum absolute atomic E-state index is 0.115. The molecule has 1 N–H and O–H groups in total. The molecule has 0 unspecified atom stereocenters. The largest absolute Gasteiger partial charge is 0.417 e. The van der Waals surface area contributed by atoms with Crippen molar-refractivity contribution in [2.75, 3.05) is 19.6 Å². The van der Waals surface area contributed by atoms with Crippen LogP contribution >= 0.6 is 0 Å². The summed E-state index contributed by atoms with van der Waals surface area (Å²) >= 11 is 0. The van der Waals surface area contributed by atoms with Crippen LogP contribution < -0.4 is 5.32 Å². The Balaban J connectivity index is 1.84. The molecule has 1 saturated heterocycles. The van der Waals surface area contributed by atoms with Gasteiger partial charge in [-0.1, -0.05) is 25.3 Å². The quantitative estimate of drug-likeness (QED) is 0.843. The SMILES string of the molecule is O=C1c2c(cc(C3CCCCC3)cc2C(F)(F)F)[C@@H]2CNCCN12. The Morgan fingerprint density at radius 1 is 1.12 bits per heavy atom. The Hall–Kier alpha value is -1.56. The highest BCUT2D eigenvalue weighted by molar-refractivity contribution is 6.01. The van der Waals surface area contributed by atoms with Gasteiger partial charge in [-0.3, -0.25) is 4.79 Å². The number of fused-ring (bicyclic) bond motifs is 3. The average molecular weight is 338 g/mol. The lowest BCUT2D eigenvalue weighted by atomic mass is 9.81. The lowest BCUT2D eigenvalue weighted by Gasteiger charge is -2.31. The third-order valence-corrected chi connectivity index (χ3v) is 5.65. The van der Waals surface area contributed by atoms with E-state index in [1.807, 2.05) is 6.07 Å². The predicted molar refractivity (Wildman–Crippen MR) is 83.9 cm³/mol. The number of nitrogens with zero attached hydrogens (tertiary/aromatic N) is 1. The number of amides is 1. The molecule has 0 radical (unpaired) electrons. The number of halogens is 3. The molecule has 130 valence electrons. The van der Waals surface area contributed by atoms with Crippen LogP contribution in [-0.2, 0) is 6.18 Å². The molecule has 1 atom stereocenters. The Morgan fingerprint density at radius 2 is 1.88 bits per heavy atom. The number of alkyl halides is 3. The summed E-state index contributed by atoms with van der Waals surface area (Å²) < 4.78 is 41.0. The summed E-state index contributed by atoms with van der Waals surface area (Å²) in [5.41, 5.74) is 0.485. The zero-order valence-electron chi connectivity index (χ0n) is 13.5. The molecule has 1 aliphatic carbocycles. The maximum absolute atomic E-state index is 13.7. The van der Waals surface area contributed by atoms with Crippen LogP contribution in [0.3, 0.4) is 0 Å². The van der Waals surface area contributed by atoms with E-state index in [0.29, 0.717) is 25.2 Å². The molecule has 24 heavy (non-hydrogen) atoms. The zero-order valence-corrected chi connectivity index (χ0v) is 13.5. The summed E-state index contributed by atoms with van der Waals surface area (Å²) in [6.07, 6.45) is 0.685. The molecule has 1 saturated carbocycles. The first-order valence-electron chi connectivity index (χ1n) is 8.73. The van der Waals surface area contributed by atoms with Crippen molar-refractivity contribution in [3.63, 3.8) is 0 Å². The summed E-state index contributed by atoms with van der Waals surface area (Å²) in [7, 11) is 0. The van der Waals surface area contributed by atoms with Crippen molar-refractivity contribution >= 4 is 5.91 Å². The Kier molecular flexibility index (Phi) is 3.82. The second-order valence-corrected chi connectivity index (χ2v) is 7.08. The maximum Gasteiger partial charge on any atom is 0.417 e. The predicted octanol–water partition coefficient (Wildman–Crippen LogP) is 3.85. The number of carbonyl (C=O) groups is 1. The van der Waals surface area contributed by atoms with E-state index in [2.05, 4.69) is 5.32 Å². The van der Waals surface area contributed by atoms with E-state index in [1.165, 1.54) is 6.07 Å². The highest BCUT2D eigenvalue weighted by Crippen LogP contribution is 2.45. The molecule has 1 aromatic rings. The Morgan fingerprint density at radius 3 is 2.58 bits per heavy atom. The Bertz CT molecular complexity index is 665. The highest BCUT2D eigenvalue weighted by Gasteiger charge is 2.46. The van der Waals surface area contributed by atoms with Gasteiger partial charge in [0.2, 0.25) is 0 Å². The third-order valence-electron chi connectivity index (χ3n) is 5.65. The van der Waals surface area contributed by atoms with E-state index in [1.54, 1.807) is 4.90 Å². The Labute approximate surface area is 139 Å². The number of nitrogens with one attached hydrogen (secondary N) is 1. The molecule has 1 amide bonds. The molecule has 0 spiro atoms. The van der Waals surface area contributed by atoms with Crippen molar-refractivity contribution in [3.05, 3.63) is 34.4 Å². The van der Waals surface area contributed by atoms with E-state index in [9.17, 15) is 18.0 Å². The summed E-state index contributed by atoms with van der Waals surface area (Å²) in [5.74, 6) is -0.273. The first kappa shape index (κ1) is 15.9. The van der Waals surface area contributed by atoms with Crippen LogP contribution in [0.5, 0.6) is 0 Å². The number of hydrogen-bond acceptors (Lipinski definition) is 2. The van der Waals surface area contributed by atoms with Crippen LogP contribution in [-0.4, -0.2) is 30.4 Å². The molecular formula is C18H21F3N2O. The summed E-state index contributed by atoms with van der Waals surface area (Å²) in [4.78, 5) is 14.2. The highest BCUT2D eigenvalue weighted by atomic mass is 19.4. The lowest BCUT2D eigenvalue weighted by Crippen LogP contribution is -2.44. The van der Waals surface area contributed by atoms with Crippen molar-refractivity contribution in [1.82, 2.24) is 10.2 Å². The van der Waals surface area contributed by atoms with Crippen molar-refractivity contribution in [3.8, 4) is 0 Å². The molecule has 2 heterocycles. The second-order valence-electron chi connectivity index (χ2n) is 7.08. The molecule has 3 nitrogen and oxygen atoms in total. The number of rotatable bonds is 1. The van der Waals surface area contributed by atoms with Gasteiger partial charge in [0, 0.05) is 19.6 Å². The minimum atomic E-state index is -4.49. The van der Waals surface area contributed by atoms with Crippen molar-refractivity contribution in [2.24, 2.45) is 0 Å². The topological polar surface area (TPSA) is 32.3 Å². The molecule has 1 aromatic carbocycles. The number of piperazine rings is 1. The second kappa shape index (κ2) is 5.76. The van der Waals surface area contributed by atoms with Gasteiger partial charge >= 0.3 is 6.18 Å². The van der Waals surface area contributed by atoms with Crippen LogP contribution in [0.4, 0.5) is 13.2 Å². The van der Waals surface area contributed by atoms with Crippen LogP contribution in [0.25, 0.3) is 0 Å². The van der Waals surface area contributed by atoms with E-state index in [0.717, 1.165) is 37.7 Å². The summed E-state index contributed by atoms with van der Waals surface area (Å²) in [6.45, 7) is 1.63. The summed E-state index contributed by atoms with van der Waals surface area (Å²) in [5, 5.41) is 3.20. The van der Waals surface area contributed by atoms with Gasteiger partial charge in [-0.2, -0.15) is 13.2 Å². The van der Waals surface area contributed by atoms with Crippen LogP contribution in [0.1, 0.15) is 71.1 Å². The van der Waals surface area contributed by atoms with Gasteiger partial charge in [-0.05, 0) is 36.0 Å². The van der Waals surface area contributed by atoms with Gasteiger partial charge in [0.1, 0.15) is 0 Å². The van der Waals surface area contributed by atoms with E-state index in [4.69, 9.17) is 0 Å². The minimum Gasteiger partial charge on any atom is -0.329 e. The monoisotopic (exact) mass is 338 g/mol. The molecule has 3 aliphatic rings. The van der Waals surface area contributed by atoms with Gasteiger partial charge in [-0.15, -0.1) is 0 Å². The van der Waals surface area contributed by atoms with E-state index < -0.39 is 17.6 Å². The molecule has 0 aromatic heterocycles. The van der Waals surface area contributed by atoms with Crippen LogP contribution in [0.2, 0.25) is 0 Å². The number of hydrogen-bond donors (Lipinski definition) is 1. The van der Waals surface area contributed by atoms with Crippen molar-refractivity contribution < 1.29 is 18.0 Å². The normalized spacial score (nSPS) is 24.9. The van der Waals surface area contributed by atoms with Gasteiger partial charge in [-0.25, -0.2) is 0 Å². The summed E-state index contributed by atoms with van der Waals surface area (Å²) in [6, 6.07) is 2.88. The van der Waals surface area contributed by atoms with Gasteiger partial charge in [0.15, 0.2) is 0 Å². The standard InChI is InChI=1S/C18H21F3N2O/c19-18(20,21)14-9-12(11-4-2-1-3-5-11)8-13-15-10-22-6-7-23(15)17(24)16(13)14/h8-9,11,15,22H,1-7,10H2/t15-/m0/s1. The molecule has 4 rings (SSSR count). The first-order chi connectivity index (χ1) is 11.5. The molecule has 2 aliphatic heterocycles. The van der Waals surface area contributed by atoms with E-state index >= 15 is 0 Å². The molecule has 0 bridgehead atoms. The fraction of sp³-hybridized carbons (Fsp3) is 0.611. The van der Waals surface area contributed by atoms with Gasteiger partial charge in [0.25, 0.3) is 5.91 Å². The van der Waals surface area contributed by atoms with Gasteiger partial charge < -0.3 is 10.2 Å². The smallest absolute Gasteiger partial charge is 0.329 e. The van der Waals surface area contributed by atoms with Crippen molar-refractivity contribution in [2.45, 2.75) is 50.2 Å². The first-order valence-corrected chi connectivity index (χ1v) is 8.73. The number of benzene rings is 1.